The van der Waals surface area contributed by atoms with Crippen molar-refractivity contribution in [2.75, 3.05) is 30.4 Å². The molecule has 1 saturated heterocycles. The van der Waals surface area contributed by atoms with Crippen LogP contribution in [0.2, 0.25) is 0 Å². The summed E-state index contributed by atoms with van der Waals surface area (Å²) in [5.41, 5.74) is 1.76. The summed E-state index contributed by atoms with van der Waals surface area (Å²) in [5.74, 6) is -0.503. The number of aromatic nitrogens is 1. The molecule has 1 aromatic heterocycles. The maximum Gasteiger partial charge on any atom is 0.337 e. The van der Waals surface area contributed by atoms with Gasteiger partial charge in [-0.1, -0.05) is 0 Å². The number of carbonyl (C=O) groups is 1. The number of carbonyl (C=O) groups excluding carboxylic acids is 1. The van der Waals surface area contributed by atoms with E-state index in [-0.39, 0.29) is 11.7 Å². The Kier molecular flexibility index (Phi) is 5.36. The fourth-order valence-electron chi connectivity index (χ4n) is 3.04. The van der Waals surface area contributed by atoms with Gasteiger partial charge in [0, 0.05) is 30.6 Å². The molecule has 3 rings (SSSR count). The average Bonchev–Trinajstić information content (AvgIpc) is 3.05. The number of piperidine rings is 1. The van der Waals surface area contributed by atoms with Crippen LogP contribution in [0, 0.1) is 17.0 Å². The summed E-state index contributed by atoms with van der Waals surface area (Å²) in [6.45, 7) is 3.28. The molecule has 1 aliphatic rings. The second-order valence-corrected chi connectivity index (χ2v) is 7.01. The lowest BCUT2D eigenvalue weighted by molar-refractivity contribution is -0.384. The van der Waals surface area contributed by atoms with E-state index in [0.29, 0.717) is 24.3 Å². The first-order valence-electron chi connectivity index (χ1n) is 8.28. The van der Waals surface area contributed by atoms with Gasteiger partial charge >= 0.3 is 5.97 Å². The molecule has 0 amide bonds. The third-order valence-corrected chi connectivity index (χ3v) is 5.27. The molecule has 2 aromatic rings. The number of thiazole rings is 1. The second-order valence-electron chi connectivity index (χ2n) is 6.15. The second kappa shape index (κ2) is 7.69. The van der Waals surface area contributed by atoms with Gasteiger partial charge < -0.3 is 15.0 Å². The van der Waals surface area contributed by atoms with Gasteiger partial charge in [-0.15, -0.1) is 11.3 Å². The lowest BCUT2D eigenvalue weighted by Gasteiger charge is -2.33. The van der Waals surface area contributed by atoms with Gasteiger partial charge in [-0.3, -0.25) is 10.1 Å². The standard InChI is InChI=1S/C17H20N4O4S/c1-11-10-26-17(18-11)19-13-5-7-20(8-6-13)15-9-12(16(22)25-2)3-4-14(15)21(23)24/h3-4,9-10,13H,5-8H2,1-2H3,(H,18,19). The largest absolute Gasteiger partial charge is 0.465 e. The number of aryl methyl sites for hydroxylation is 1. The van der Waals surface area contributed by atoms with Crippen molar-refractivity contribution >= 4 is 33.8 Å². The van der Waals surface area contributed by atoms with E-state index in [1.807, 2.05) is 17.2 Å². The first-order valence-corrected chi connectivity index (χ1v) is 9.16. The average molecular weight is 376 g/mol. The van der Waals surface area contributed by atoms with Crippen LogP contribution in [0.5, 0.6) is 0 Å². The van der Waals surface area contributed by atoms with E-state index in [4.69, 9.17) is 4.74 Å². The van der Waals surface area contributed by atoms with Crippen molar-refractivity contribution in [3.8, 4) is 0 Å². The summed E-state index contributed by atoms with van der Waals surface area (Å²) in [7, 11) is 1.29. The van der Waals surface area contributed by atoms with Gasteiger partial charge in [0.15, 0.2) is 5.13 Å². The van der Waals surface area contributed by atoms with Crippen LogP contribution in [0.15, 0.2) is 23.6 Å². The van der Waals surface area contributed by atoms with Crippen molar-refractivity contribution in [2.45, 2.75) is 25.8 Å². The number of esters is 1. The summed E-state index contributed by atoms with van der Waals surface area (Å²) in [6, 6.07) is 4.61. The Balaban J connectivity index is 1.73. The van der Waals surface area contributed by atoms with E-state index < -0.39 is 10.9 Å². The number of hydrogen-bond donors (Lipinski definition) is 1. The van der Waals surface area contributed by atoms with Gasteiger partial charge in [0.25, 0.3) is 5.69 Å². The lowest BCUT2D eigenvalue weighted by atomic mass is 10.0. The van der Waals surface area contributed by atoms with Gasteiger partial charge in [-0.2, -0.15) is 0 Å². The van der Waals surface area contributed by atoms with E-state index in [1.54, 1.807) is 17.4 Å². The molecule has 0 bridgehead atoms. The summed E-state index contributed by atoms with van der Waals surface area (Å²) >= 11 is 1.58. The molecule has 0 atom stereocenters. The van der Waals surface area contributed by atoms with Crippen LogP contribution < -0.4 is 10.2 Å². The minimum atomic E-state index is -0.503. The Labute approximate surface area is 154 Å². The normalized spacial score (nSPS) is 14.9. The molecule has 2 heterocycles. The van der Waals surface area contributed by atoms with Crippen molar-refractivity contribution in [2.24, 2.45) is 0 Å². The quantitative estimate of drug-likeness (QED) is 0.486. The monoisotopic (exact) mass is 376 g/mol. The molecule has 26 heavy (non-hydrogen) atoms. The highest BCUT2D eigenvalue weighted by atomic mass is 32.1. The van der Waals surface area contributed by atoms with Crippen LogP contribution in [0.25, 0.3) is 0 Å². The summed E-state index contributed by atoms with van der Waals surface area (Å²) < 4.78 is 4.72. The molecule has 1 aromatic carbocycles. The fraction of sp³-hybridized carbons (Fsp3) is 0.412. The van der Waals surface area contributed by atoms with Crippen LogP contribution in [-0.4, -0.2) is 42.1 Å². The predicted octanol–water partition coefficient (Wildman–Crippen LogP) is 3.23. The SMILES string of the molecule is COC(=O)c1ccc([N+](=O)[O-])c(N2CCC(Nc3nc(C)cs3)CC2)c1. The number of benzene rings is 1. The minimum Gasteiger partial charge on any atom is -0.465 e. The number of rotatable bonds is 5. The Morgan fingerprint density at radius 2 is 2.15 bits per heavy atom. The van der Waals surface area contributed by atoms with Crippen LogP contribution >= 0.6 is 11.3 Å². The molecule has 0 spiro atoms. The number of methoxy groups -OCH3 is 1. The van der Waals surface area contributed by atoms with E-state index in [0.717, 1.165) is 23.7 Å². The maximum absolute atomic E-state index is 11.8. The van der Waals surface area contributed by atoms with Gasteiger partial charge in [-0.25, -0.2) is 9.78 Å². The molecule has 8 nitrogen and oxygen atoms in total. The summed E-state index contributed by atoms with van der Waals surface area (Å²) in [6.07, 6.45) is 1.66. The van der Waals surface area contributed by atoms with Crippen molar-refractivity contribution in [3.05, 3.63) is 45.0 Å². The third kappa shape index (κ3) is 3.93. The van der Waals surface area contributed by atoms with Crippen molar-refractivity contribution in [1.82, 2.24) is 4.98 Å². The fourth-order valence-corrected chi connectivity index (χ4v) is 3.80. The zero-order chi connectivity index (χ0) is 18.7. The number of nitrogens with one attached hydrogen (secondary N) is 1. The summed E-state index contributed by atoms with van der Waals surface area (Å²) in [4.78, 5) is 29.1. The van der Waals surface area contributed by atoms with Crippen LogP contribution in [-0.2, 0) is 4.74 Å². The number of nitro groups is 1. The van der Waals surface area contributed by atoms with Crippen LogP contribution in [0.3, 0.4) is 0 Å². The lowest BCUT2D eigenvalue weighted by Crippen LogP contribution is -2.39. The van der Waals surface area contributed by atoms with E-state index in [9.17, 15) is 14.9 Å². The van der Waals surface area contributed by atoms with E-state index in [1.165, 1.54) is 19.2 Å². The van der Waals surface area contributed by atoms with Crippen molar-refractivity contribution < 1.29 is 14.5 Å². The van der Waals surface area contributed by atoms with Crippen LogP contribution in [0.4, 0.5) is 16.5 Å². The molecule has 0 aliphatic carbocycles. The van der Waals surface area contributed by atoms with Gasteiger partial charge in [0.2, 0.25) is 0 Å². The highest BCUT2D eigenvalue weighted by Gasteiger charge is 2.26. The molecule has 0 saturated carbocycles. The topological polar surface area (TPSA) is 97.6 Å². The maximum atomic E-state index is 11.8. The predicted molar refractivity (Wildman–Crippen MR) is 100 cm³/mol. The Hall–Kier alpha value is -2.68. The first kappa shape index (κ1) is 18.1. The first-order chi connectivity index (χ1) is 12.5. The molecule has 0 radical (unpaired) electrons. The molecule has 1 fully saturated rings. The van der Waals surface area contributed by atoms with Crippen molar-refractivity contribution in [1.29, 1.82) is 0 Å². The van der Waals surface area contributed by atoms with Crippen molar-refractivity contribution in [3.63, 3.8) is 0 Å². The van der Waals surface area contributed by atoms with E-state index in [2.05, 4.69) is 10.3 Å². The molecule has 9 heteroatoms. The smallest absolute Gasteiger partial charge is 0.337 e. The Morgan fingerprint density at radius 1 is 1.42 bits per heavy atom. The molecule has 0 unspecified atom stereocenters. The molecule has 1 aliphatic heterocycles. The minimum absolute atomic E-state index is 0.000361. The Morgan fingerprint density at radius 3 is 2.73 bits per heavy atom. The molecular weight excluding hydrogens is 356 g/mol. The number of nitro benzene ring substituents is 1. The van der Waals surface area contributed by atoms with Gasteiger partial charge in [-0.05, 0) is 31.9 Å². The molecule has 1 N–H and O–H groups in total. The van der Waals surface area contributed by atoms with Gasteiger partial charge in [0.05, 0.1) is 23.3 Å². The number of anilines is 2. The summed E-state index contributed by atoms with van der Waals surface area (Å²) in [5, 5.41) is 17.7. The van der Waals surface area contributed by atoms with Crippen LogP contribution in [0.1, 0.15) is 28.9 Å². The number of nitrogens with zero attached hydrogens (tertiary/aromatic N) is 3. The Bertz CT molecular complexity index is 815. The highest BCUT2D eigenvalue weighted by molar-refractivity contribution is 7.13. The third-order valence-electron chi connectivity index (χ3n) is 4.38. The molecule has 138 valence electrons. The zero-order valence-electron chi connectivity index (χ0n) is 14.6. The number of hydrogen-bond acceptors (Lipinski definition) is 8. The number of ether oxygens (including phenoxy) is 1. The molecular formula is C17H20N4O4S. The van der Waals surface area contributed by atoms with E-state index >= 15 is 0 Å². The van der Waals surface area contributed by atoms with Gasteiger partial charge in [0.1, 0.15) is 5.69 Å². The zero-order valence-corrected chi connectivity index (χ0v) is 15.4. The highest BCUT2D eigenvalue weighted by Crippen LogP contribution is 2.32.